The van der Waals surface area contributed by atoms with E-state index in [-0.39, 0.29) is 11.3 Å². The van der Waals surface area contributed by atoms with Gasteiger partial charge >= 0.3 is 0 Å². The fourth-order valence-corrected chi connectivity index (χ4v) is 3.01. The van der Waals surface area contributed by atoms with Crippen LogP contribution in [-0.2, 0) is 4.74 Å². The molecule has 3 rings (SSSR count). The number of aliphatic hydroxyl groups excluding tert-OH is 3. The summed E-state index contributed by atoms with van der Waals surface area (Å²) in [6.07, 6.45) is -3.60. The molecule has 0 amide bonds. The maximum atomic E-state index is 12.9. The van der Waals surface area contributed by atoms with E-state index in [9.17, 15) is 25.2 Å². The van der Waals surface area contributed by atoms with Gasteiger partial charge in [-0.2, -0.15) is 0 Å². The first kappa shape index (κ1) is 18.4. The lowest BCUT2D eigenvalue weighted by Crippen LogP contribution is -2.35. The van der Waals surface area contributed by atoms with Gasteiger partial charge in [-0.25, -0.2) is 0 Å². The van der Waals surface area contributed by atoms with Crippen LogP contribution in [0.5, 0.6) is 11.5 Å². The lowest BCUT2D eigenvalue weighted by atomic mass is 10.1. The van der Waals surface area contributed by atoms with E-state index in [4.69, 9.17) is 9.47 Å². The third-order valence-corrected chi connectivity index (χ3v) is 4.34. The van der Waals surface area contributed by atoms with E-state index >= 15 is 0 Å². The number of pyridine rings is 1. The van der Waals surface area contributed by atoms with Crippen LogP contribution in [-0.4, -0.2) is 56.5 Å². The predicted molar refractivity (Wildman–Crippen MR) is 92.0 cm³/mol. The first-order chi connectivity index (χ1) is 12.5. The molecule has 26 heavy (non-hydrogen) atoms. The van der Waals surface area contributed by atoms with Gasteiger partial charge in [0.05, 0.1) is 18.8 Å². The van der Waals surface area contributed by atoms with Crippen LogP contribution < -0.4 is 10.3 Å². The molecule has 0 bridgehead atoms. The molecule has 8 heteroatoms. The van der Waals surface area contributed by atoms with E-state index in [1.807, 2.05) is 6.92 Å². The molecule has 4 atom stereocenters. The molecular weight excluding hydrogens is 342 g/mol. The lowest BCUT2D eigenvalue weighted by molar-refractivity contribution is -0.0543. The number of rotatable bonds is 5. The van der Waals surface area contributed by atoms with Crippen molar-refractivity contribution in [3.05, 3.63) is 46.9 Å². The second-order valence-corrected chi connectivity index (χ2v) is 5.97. The van der Waals surface area contributed by atoms with Crippen molar-refractivity contribution in [1.29, 1.82) is 0 Å². The highest BCUT2D eigenvalue weighted by Gasteiger charge is 2.43. The molecule has 1 aliphatic heterocycles. The first-order valence-corrected chi connectivity index (χ1v) is 8.27. The van der Waals surface area contributed by atoms with Gasteiger partial charge in [0.1, 0.15) is 29.8 Å². The normalized spacial score (nSPS) is 25.4. The van der Waals surface area contributed by atoms with Crippen molar-refractivity contribution in [2.24, 2.45) is 0 Å². The van der Waals surface area contributed by atoms with Crippen molar-refractivity contribution >= 4 is 0 Å². The summed E-state index contributed by atoms with van der Waals surface area (Å²) in [5, 5.41) is 39.4. The molecule has 0 aliphatic carbocycles. The number of aliphatic hydroxyl groups is 3. The summed E-state index contributed by atoms with van der Waals surface area (Å²) < 4.78 is 11.8. The van der Waals surface area contributed by atoms with E-state index in [1.54, 1.807) is 24.3 Å². The number of ether oxygens (including phenoxy) is 2. The third-order valence-electron chi connectivity index (χ3n) is 4.34. The molecule has 2 heterocycles. The number of benzene rings is 1. The number of aromatic hydroxyl groups is 1. The Morgan fingerprint density at radius 3 is 2.42 bits per heavy atom. The van der Waals surface area contributed by atoms with E-state index in [2.05, 4.69) is 0 Å². The standard InChI is InChI=1S/C18H21NO7/c1-2-25-11-5-3-10(4-6-11)14-12(21)7-8-19(17(14)24)18-16(23)15(22)13(9-20)26-18/h3-8,13,15-16,18,20-23H,2,9H2,1H3/t13-,15-,16-,18-/m1/s1. The van der Waals surface area contributed by atoms with Crippen molar-refractivity contribution in [3.63, 3.8) is 0 Å². The Kier molecular flexibility index (Phi) is 5.28. The van der Waals surface area contributed by atoms with E-state index in [0.29, 0.717) is 17.9 Å². The summed E-state index contributed by atoms with van der Waals surface area (Å²) in [6, 6.07) is 7.96. The van der Waals surface area contributed by atoms with Gasteiger partial charge in [0.25, 0.3) is 5.56 Å². The van der Waals surface area contributed by atoms with Crippen LogP contribution in [0.1, 0.15) is 13.2 Å². The number of hydrogen-bond acceptors (Lipinski definition) is 7. The Bertz CT molecular complexity index is 817. The van der Waals surface area contributed by atoms with Crippen molar-refractivity contribution in [2.75, 3.05) is 13.2 Å². The van der Waals surface area contributed by atoms with Crippen LogP contribution in [0, 0.1) is 0 Å². The maximum absolute atomic E-state index is 12.9. The Morgan fingerprint density at radius 1 is 1.15 bits per heavy atom. The third kappa shape index (κ3) is 3.19. The van der Waals surface area contributed by atoms with Gasteiger partial charge in [-0.05, 0) is 30.7 Å². The minimum Gasteiger partial charge on any atom is -0.507 e. The van der Waals surface area contributed by atoms with Crippen molar-refractivity contribution in [3.8, 4) is 22.6 Å². The van der Waals surface area contributed by atoms with Crippen molar-refractivity contribution in [1.82, 2.24) is 4.57 Å². The van der Waals surface area contributed by atoms with Crippen LogP contribution in [0.2, 0.25) is 0 Å². The SMILES string of the molecule is CCOc1ccc(-c2c(O)ccn([C@@H]3O[C@H](CO)[C@@H](O)[C@H]3O)c2=O)cc1. The highest BCUT2D eigenvalue weighted by molar-refractivity contribution is 5.69. The maximum Gasteiger partial charge on any atom is 0.264 e. The van der Waals surface area contributed by atoms with Gasteiger partial charge in [0, 0.05) is 6.20 Å². The minimum absolute atomic E-state index is 0.0355. The molecule has 2 aromatic rings. The summed E-state index contributed by atoms with van der Waals surface area (Å²) >= 11 is 0. The summed E-state index contributed by atoms with van der Waals surface area (Å²) in [6.45, 7) is 1.87. The van der Waals surface area contributed by atoms with Crippen LogP contribution in [0.4, 0.5) is 0 Å². The minimum atomic E-state index is -1.39. The smallest absolute Gasteiger partial charge is 0.264 e. The van der Waals surface area contributed by atoms with Gasteiger partial charge in [0.2, 0.25) is 0 Å². The highest BCUT2D eigenvalue weighted by Crippen LogP contribution is 2.31. The molecule has 0 spiro atoms. The fraction of sp³-hybridized carbons (Fsp3) is 0.389. The fourth-order valence-electron chi connectivity index (χ4n) is 3.01. The molecule has 0 saturated carbocycles. The second kappa shape index (κ2) is 7.46. The van der Waals surface area contributed by atoms with Gasteiger partial charge in [0.15, 0.2) is 6.23 Å². The van der Waals surface area contributed by atoms with Crippen LogP contribution in [0.15, 0.2) is 41.3 Å². The summed E-state index contributed by atoms with van der Waals surface area (Å²) in [7, 11) is 0. The van der Waals surface area contributed by atoms with Crippen molar-refractivity contribution in [2.45, 2.75) is 31.5 Å². The molecule has 1 aromatic carbocycles. The Hall–Kier alpha value is -2.39. The predicted octanol–water partition coefficient (Wildman–Crippen LogP) is 0.231. The van der Waals surface area contributed by atoms with Crippen LogP contribution in [0.25, 0.3) is 11.1 Å². The molecule has 8 nitrogen and oxygen atoms in total. The topological polar surface area (TPSA) is 121 Å². The molecule has 4 N–H and O–H groups in total. The highest BCUT2D eigenvalue weighted by atomic mass is 16.6. The molecule has 0 unspecified atom stereocenters. The van der Waals surface area contributed by atoms with Crippen LogP contribution in [0.3, 0.4) is 0 Å². The van der Waals surface area contributed by atoms with Gasteiger partial charge < -0.3 is 29.9 Å². The zero-order valence-corrected chi connectivity index (χ0v) is 14.1. The second-order valence-electron chi connectivity index (χ2n) is 5.97. The van der Waals surface area contributed by atoms with Gasteiger partial charge in [-0.15, -0.1) is 0 Å². The summed E-state index contributed by atoms with van der Waals surface area (Å²) in [5.41, 5.74) is -0.0886. The largest absolute Gasteiger partial charge is 0.507 e. The Morgan fingerprint density at radius 2 is 1.85 bits per heavy atom. The van der Waals surface area contributed by atoms with E-state index in [1.165, 1.54) is 12.3 Å². The zero-order valence-electron chi connectivity index (χ0n) is 14.1. The molecule has 140 valence electrons. The molecule has 0 radical (unpaired) electrons. The number of nitrogens with zero attached hydrogens (tertiary/aromatic N) is 1. The molecule has 1 saturated heterocycles. The average molecular weight is 363 g/mol. The number of aromatic nitrogens is 1. The Labute approximate surface area is 149 Å². The summed E-state index contributed by atoms with van der Waals surface area (Å²) in [5.74, 6) is 0.414. The summed E-state index contributed by atoms with van der Waals surface area (Å²) in [4.78, 5) is 12.9. The van der Waals surface area contributed by atoms with Gasteiger partial charge in [-0.1, -0.05) is 12.1 Å². The molecule has 1 aromatic heterocycles. The number of hydrogen-bond donors (Lipinski definition) is 4. The average Bonchev–Trinajstić information content (AvgIpc) is 2.92. The lowest BCUT2D eigenvalue weighted by Gasteiger charge is -2.19. The molecule has 1 fully saturated rings. The first-order valence-electron chi connectivity index (χ1n) is 8.27. The molecular formula is C18H21NO7. The monoisotopic (exact) mass is 363 g/mol. The van der Waals surface area contributed by atoms with Gasteiger partial charge in [-0.3, -0.25) is 9.36 Å². The van der Waals surface area contributed by atoms with E-state index in [0.717, 1.165) is 4.57 Å². The van der Waals surface area contributed by atoms with Crippen LogP contribution >= 0.6 is 0 Å². The Balaban J connectivity index is 2.01. The van der Waals surface area contributed by atoms with Crippen molar-refractivity contribution < 1.29 is 29.9 Å². The quantitative estimate of drug-likeness (QED) is 0.600. The molecule has 1 aliphatic rings. The zero-order chi connectivity index (χ0) is 18.8. The van der Waals surface area contributed by atoms with E-state index < -0.39 is 36.7 Å².